The molecule has 31 heavy (non-hydrogen) atoms. The summed E-state index contributed by atoms with van der Waals surface area (Å²) in [7, 11) is 0. The Morgan fingerprint density at radius 3 is 2.48 bits per heavy atom. The molecule has 3 aromatic carbocycles. The zero-order valence-electron chi connectivity index (χ0n) is 17.1. The Bertz CT molecular complexity index is 1080. The zero-order chi connectivity index (χ0) is 21.6. The van der Waals surface area contributed by atoms with Crippen molar-refractivity contribution in [1.29, 1.82) is 0 Å². The van der Waals surface area contributed by atoms with Crippen molar-refractivity contribution < 1.29 is 9.53 Å². The summed E-state index contributed by atoms with van der Waals surface area (Å²) in [5.41, 5.74) is 3.93. The number of nitrogens with one attached hydrogen (secondary N) is 2. The molecule has 1 amide bonds. The molecule has 1 aliphatic heterocycles. The van der Waals surface area contributed by atoms with Crippen LogP contribution in [0, 0.1) is 0 Å². The van der Waals surface area contributed by atoms with Gasteiger partial charge in [-0.1, -0.05) is 72.8 Å². The van der Waals surface area contributed by atoms with Crippen molar-refractivity contribution in [2.45, 2.75) is 25.4 Å². The van der Waals surface area contributed by atoms with Gasteiger partial charge in [0, 0.05) is 16.3 Å². The lowest BCUT2D eigenvalue weighted by molar-refractivity contribution is -0.116. The van der Waals surface area contributed by atoms with E-state index in [1.165, 1.54) is 17.3 Å². The van der Waals surface area contributed by atoms with Gasteiger partial charge in [0.15, 0.2) is 5.50 Å². The number of carbonyl (C=O) groups excluding carboxylic acids is 1. The number of thioether (sulfide) groups is 1. The fourth-order valence-corrected chi connectivity index (χ4v) is 4.27. The van der Waals surface area contributed by atoms with Crippen LogP contribution in [0.5, 0.6) is 5.75 Å². The van der Waals surface area contributed by atoms with Crippen molar-refractivity contribution in [1.82, 2.24) is 5.32 Å². The molecule has 0 saturated carbocycles. The first-order valence-electron chi connectivity index (χ1n) is 10.1. The smallest absolute Gasteiger partial charge is 0.260 e. The number of amides is 1. The topological polar surface area (TPSA) is 50.4 Å². The van der Waals surface area contributed by atoms with E-state index in [0.29, 0.717) is 16.5 Å². The number of hydrogen-bond donors (Lipinski definition) is 2. The predicted octanol–water partition coefficient (Wildman–Crippen LogP) is 6.08. The van der Waals surface area contributed by atoms with E-state index >= 15 is 0 Å². The molecule has 3 aromatic rings. The van der Waals surface area contributed by atoms with Crippen LogP contribution < -0.4 is 15.4 Å². The molecule has 0 spiro atoms. The number of aryl methyl sites for hydroxylation is 1. The maximum Gasteiger partial charge on any atom is 0.260 e. The standard InChI is InChI=1S/C25H23ClN2O2S/c1-2-17-9-13-21(14-10-17)27-25-28-24(29)23(31-25)15-19-5-3-4-6-22(19)30-16-18-7-11-20(26)12-8-18/h3-15,25,27H,2,16H2,1H3,(H,28,29)/b23-15-/t25-/m0/s1. The fraction of sp³-hybridized carbons (Fsp3) is 0.160. The molecule has 0 aliphatic carbocycles. The molecule has 1 atom stereocenters. The summed E-state index contributed by atoms with van der Waals surface area (Å²) < 4.78 is 6.01. The van der Waals surface area contributed by atoms with Crippen LogP contribution in [-0.4, -0.2) is 11.4 Å². The van der Waals surface area contributed by atoms with E-state index in [0.717, 1.165) is 29.0 Å². The van der Waals surface area contributed by atoms with Gasteiger partial charge >= 0.3 is 0 Å². The molecule has 6 heteroatoms. The van der Waals surface area contributed by atoms with Crippen molar-refractivity contribution in [3.63, 3.8) is 0 Å². The summed E-state index contributed by atoms with van der Waals surface area (Å²) in [6.07, 6.45) is 2.88. The molecule has 0 radical (unpaired) electrons. The third kappa shape index (κ3) is 5.63. The van der Waals surface area contributed by atoms with Crippen LogP contribution in [-0.2, 0) is 17.8 Å². The van der Waals surface area contributed by atoms with Gasteiger partial charge < -0.3 is 15.4 Å². The van der Waals surface area contributed by atoms with Crippen molar-refractivity contribution in [3.8, 4) is 5.75 Å². The Kier molecular flexibility index (Phi) is 6.85. The van der Waals surface area contributed by atoms with Crippen LogP contribution in [0.1, 0.15) is 23.6 Å². The third-order valence-electron chi connectivity index (χ3n) is 4.90. The highest BCUT2D eigenvalue weighted by Gasteiger charge is 2.27. The number of rotatable bonds is 7. The van der Waals surface area contributed by atoms with Gasteiger partial charge in [0.25, 0.3) is 5.91 Å². The van der Waals surface area contributed by atoms with Crippen LogP contribution in [0.3, 0.4) is 0 Å². The van der Waals surface area contributed by atoms with Crippen molar-refractivity contribution in [2.75, 3.05) is 5.32 Å². The minimum atomic E-state index is -0.214. The average Bonchev–Trinajstić information content (AvgIpc) is 3.13. The van der Waals surface area contributed by atoms with Crippen LogP contribution in [0.25, 0.3) is 6.08 Å². The summed E-state index contributed by atoms with van der Waals surface area (Å²) in [5, 5.41) is 7.02. The molecule has 2 N–H and O–H groups in total. The van der Waals surface area contributed by atoms with E-state index in [4.69, 9.17) is 16.3 Å². The van der Waals surface area contributed by atoms with E-state index < -0.39 is 0 Å². The maximum atomic E-state index is 12.5. The molecule has 158 valence electrons. The normalized spacial score (nSPS) is 16.9. The lowest BCUT2D eigenvalue weighted by Gasteiger charge is -2.13. The van der Waals surface area contributed by atoms with Crippen LogP contribution in [0.15, 0.2) is 77.7 Å². The molecule has 4 nitrogen and oxygen atoms in total. The Balaban J connectivity index is 1.44. The van der Waals surface area contributed by atoms with E-state index in [2.05, 4.69) is 29.7 Å². The quantitative estimate of drug-likeness (QED) is 0.428. The molecule has 4 rings (SSSR count). The largest absolute Gasteiger partial charge is 0.488 e. The summed E-state index contributed by atoms with van der Waals surface area (Å²) in [4.78, 5) is 13.2. The van der Waals surface area contributed by atoms with Gasteiger partial charge in [0.2, 0.25) is 0 Å². The van der Waals surface area contributed by atoms with Gasteiger partial charge in [-0.25, -0.2) is 0 Å². The van der Waals surface area contributed by atoms with Crippen LogP contribution in [0.4, 0.5) is 5.69 Å². The Morgan fingerprint density at radius 2 is 1.74 bits per heavy atom. The molecular weight excluding hydrogens is 428 g/mol. The predicted molar refractivity (Wildman–Crippen MR) is 129 cm³/mol. The minimum absolute atomic E-state index is 0.0971. The number of carbonyl (C=O) groups is 1. The molecule has 1 saturated heterocycles. The summed E-state index contributed by atoms with van der Waals surface area (Å²) in [6, 6.07) is 23.5. The van der Waals surface area contributed by atoms with E-state index in [1.807, 2.05) is 66.7 Å². The summed E-state index contributed by atoms with van der Waals surface area (Å²) in [6.45, 7) is 2.55. The van der Waals surface area contributed by atoms with Crippen molar-refractivity contribution >= 4 is 41.0 Å². The van der Waals surface area contributed by atoms with Gasteiger partial charge in [0.05, 0.1) is 4.91 Å². The van der Waals surface area contributed by atoms with Gasteiger partial charge in [-0.05, 0) is 54.0 Å². The Labute approximate surface area is 191 Å². The highest BCUT2D eigenvalue weighted by Crippen LogP contribution is 2.32. The van der Waals surface area contributed by atoms with E-state index in [-0.39, 0.29) is 11.4 Å². The van der Waals surface area contributed by atoms with E-state index in [9.17, 15) is 4.79 Å². The second-order valence-corrected chi connectivity index (χ2v) is 8.71. The van der Waals surface area contributed by atoms with Crippen LogP contribution >= 0.6 is 23.4 Å². The lowest BCUT2D eigenvalue weighted by atomic mass is 10.1. The molecule has 1 fully saturated rings. The average molecular weight is 451 g/mol. The minimum Gasteiger partial charge on any atom is -0.488 e. The summed E-state index contributed by atoms with van der Waals surface area (Å²) in [5.74, 6) is 0.630. The number of hydrogen-bond acceptors (Lipinski definition) is 4. The first kappa shape index (κ1) is 21.3. The zero-order valence-corrected chi connectivity index (χ0v) is 18.7. The first-order valence-corrected chi connectivity index (χ1v) is 11.4. The number of halogens is 1. The molecule has 0 bridgehead atoms. The van der Waals surface area contributed by atoms with Crippen molar-refractivity contribution in [3.05, 3.63) is 99.4 Å². The fourth-order valence-electron chi connectivity index (χ4n) is 3.17. The highest BCUT2D eigenvalue weighted by molar-refractivity contribution is 8.05. The second-order valence-electron chi connectivity index (χ2n) is 7.13. The molecule has 1 heterocycles. The highest BCUT2D eigenvalue weighted by atomic mass is 35.5. The first-order chi connectivity index (χ1) is 15.1. The Morgan fingerprint density at radius 1 is 1.03 bits per heavy atom. The lowest BCUT2D eigenvalue weighted by Crippen LogP contribution is -2.30. The van der Waals surface area contributed by atoms with Gasteiger partial charge in [-0.2, -0.15) is 0 Å². The molecular formula is C25H23ClN2O2S. The second kappa shape index (κ2) is 9.94. The van der Waals surface area contributed by atoms with Crippen molar-refractivity contribution in [2.24, 2.45) is 0 Å². The van der Waals surface area contributed by atoms with Crippen LogP contribution in [0.2, 0.25) is 5.02 Å². The summed E-state index contributed by atoms with van der Waals surface area (Å²) >= 11 is 7.41. The monoisotopic (exact) mass is 450 g/mol. The SMILES string of the molecule is CCc1ccc(N[C@H]2NC(=O)/C(=C/c3ccccc3OCc3ccc(Cl)cc3)S2)cc1. The van der Waals surface area contributed by atoms with Gasteiger partial charge in [-0.3, -0.25) is 4.79 Å². The third-order valence-corrected chi connectivity index (χ3v) is 6.18. The van der Waals surface area contributed by atoms with Gasteiger partial charge in [-0.15, -0.1) is 0 Å². The Hall–Kier alpha value is -2.89. The number of anilines is 1. The number of para-hydroxylation sites is 1. The molecule has 0 aromatic heterocycles. The number of ether oxygens (including phenoxy) is 1. The van der Waals surface area contributed by atoms with E-state index in [1.54, 1.807) is 0 Å². The van der Waals surface area contributed by atoms with Gasteiger partial charge in [0.1, 0.15) is 12.4 Å². The molecule has 1 aliphatic rings. The maximum absolute atomic E-state index is 12.5. The number of benzene rings is 3. The molecule has 0 unspecified atom stereocenters.